The number of aromatic nitrogens is 1. The van der Waals surface area contributed by atoms with E-state index in [0.717, 1.165) is 25.9 Å². The molecule has 2 N–H and O–H groups in total. The molecule has 1 atom stereocenters. The summed E-state index contributed by atoms with van der Waals surface area (Å²) in [5.41, 5.74) is 0.205. The van der Waals surface area contributed by atoms with E-state index in [1.165, 1.54) is 18.3 Å². The first-order chi connectivity index (χ1) is 8.25. The average Bonchev–Trinajstić information content (AvgIpc) is 2.38. The van der Waals surface area contributed by atoms with E-state index in [-0.39, 0.29) is 5.56 Å². The average molecular weight is 236 g/mol. The highest BCUT2D eigenvalue weighted by Crippen LogP contribution is 2.14. The molecule has 0 radical (unpaired) electrons. The summed E-state index contributed by atoms with van der Waals surface area (Å²) in [5.74, 6) is -0.0916. The van der Waals surface area contributed by atoms with E-state index in [0.29, 0.717) is 18.4 Å². The molecule has 2 rings (SSSR count). The Morgan fingerprint density at radius 1 is 1.65 bits per heavy atom. The first-order valence-electron chi connectivity index (χ1n) is 5.78. The van der Waals surface area contributed by atoms with Gasteiger partial charge in [-0.25, -0.2) is 9.78 Å². The predicted molar refractivity (Wildman–Crippen MR) is 62.3 cm³/mol. The molecule has 0 aliphatic carbocycles. The molecule has 0 aromatic carbocycles. The number of hydrogen-bond acceptors (Lipinski definition) is 4. The highest BCUT2D eigenvalue weighted by Gasteiger charge is 2.14. The Hall–Kier alpha value is -1.62. The largest absolute Gasteiger partial charge is 0.478 e. The van der Waals surface area contributed by atoms with Crippen molar-refractivity contribution in [2.24, 2.45) is 5.92 Å². The molecule has 17 heavy (non-hydrogen) atoms. The molecule has 1 aromatic rings. The number of rotatable bonds is 4. The lowest BCUT2D eigenvalue weighted by Gasteiger charge is -2.22. The SMILES string of the molecule is O=C(O)c1ccnc(OCC2CCCNC2)c1. The van der Waals surface area contributed by atoms with Crippen LogP contribution < -0.4 is 10.1 Å². The van der Waals surface area contributed by atoms with Crippen molar-refractivity contribution in [2.75, 3.05) is 19.7 Å². The minimum absolute atomic E-state index is 0.205. The Labute approximate surface area is 99.8 Å². The maximum absolute atomic E-state index is 10.8. The molecule has 0 amide bonds. The molecule has 2 heterocycles. The fraction of sp³-hybridized carbons (Fsp3) is 0.500. The molecule has 1 aliphatic heterocycles. The van der Waals surface area contributed by atoms with Crippen molar-refractivity contribution in [3.8, 4) is 5.88 Å². The van der Waals surface area contributed by atoms with Gasteiger partial charge in [0.15, 0.2) is 0 Å². The van der Waals surface area contributed by atoms with Gasteiger partial charge in [0.05, 0.1) is 12.2 Å². The zero-order valence-electron chi connectivity index (χ0n) is 9.56. The van der Waals surface area contributed by atoms with Crippen molar-refractivity contribution in [2.45, 2.75) is 12.8 Å². The van der Waals surface area contributed by atoms with Crippen molar-refractivity contribution in [3.63, 3.8) is 0 Å². The van der Waals surface area contributed by atoms with Crippen molar-refractivity contribution >= 4 is 5.97 Å². The highest BCUT2D eigenvalue weighted by molar-refractivity contribution is 5.87. The van der Waals surface area contributed by atoms with Gasteiger partial charge < -0.3 is 15.2 Å². The second-order valence-corrected chi connectivity index (χ2v) is 4.21. The van der Waals surface area contributed by atoms with E-state index in [2.05, 4.69) is 10.3 Å². The van der Waals surface area contributed by atoms with Crippen molar-refractivity contribution in [1.29, 1.82) is 0 Å². The van der Waals surface area contributed by atoms with Crippen LogP contribution in [0.5, 0.6) is 5.88 Å². The Balaban J connectivity index is 1.89. The molecule has 1 saturated heterocycles. The summed E-state index contributed by atoms with van der Waals surface area (Å²) in [7, 11) is 0. The molecule has 0 saturated carbocycles. The second-order valence-electron chi connectivity index (χ2n) is 4.21. The maximum Gasteiger partial charge on any atom is 0.335 e. The summed E-state index contributed by atoms with van der Waals surface area (Å²) < 4.78 is 5.52. The molecular weight excluding hydrogens is 220 g/mol. The number of hydrogen-bond donors (Lipinski definition) is 2. The fourth-order valence-electron chi connectivity index (χ4n) is 1.89. The Kier molecular flexibility index (Phi) is 3.93. The van der Waals surface area contributed by atoms with E-state index < -0.39 is 5.97 Å². The van der Waals surface area contributed by atoms with Gasteiger partial charge >= 0.3 is 5.97 Å². The summed E-state index contributed by atoms with van der Waals surface area (Å²) in [6.45, 7) is 2.62. The van der Waals surface area contributed by atoms with Gasteiger partial charge in [-0.15, -0.1) is 0 Å². The summed E-state index contributed by atoms with van der Waals surface area (Å²) in [6.07, 6.45) is 3.76. The van der Waals surface area contributed by atoms with Crippen LogP contribution in [0.1, 0.15) is 23.2 Å². The third-order valence-electron chi connectivity index (χ3n) is 2.85. The summed E-state index contributed by atoms with van der Waals surface area (Å²) in [6, 6.07) is 2.91. The number of piperidine rings is 1. The number of ether oxygens (including phenoxy) is 1. The molecule has 1 fully saturated rings. The van der Waals surface area contributed by atoms with Gasteiger partial charge in [-0.2, -0.15) is 0 Å². The smallest absolute Gasteiger partial charge is 0.335 e. The van der Waals surface area contributed by atoms with Gasteiger partial charge in [0.1, 0.15) is 0 Å². The zero-order valence-corrected chi connectivity index (χ0v) is 9.56. The van der Waals surface area contributed by atoms with Crippen LogP contribution in [0.3, 0.4) is 0 Å². The Morgan fingerprint density at radius 2 is 2.53 bits per heavy atom. The van der Waals surface area contributed by atoms with Crippen LogP contribution in [0.25, 0.3) is 0 Å². The number of carboxylic acids is 1. The van der Waals surface area contributed by atoms with Crippen LogP contribution in [0, 0.1) is 5.92 Å². The molecule has 92 valence electrons. The highest BCUT2D eigenvalue weighted by atomic mass is 16.5. The van der Waals surface area contributed by atoms with Crippen molar-refractivity contribution in [1.82, 2.24) is 10.3 Å². The lowest BCUT2D eigenvalue weighted by Crippen LogP contribution is -2.33. The van der Waals surface area contributed by atoms with E-state index in [4.69, 9.17) is 9.84 Å². The van der Waals surface area contributed by atoms with Crippen LogP contribution in [0.4, 0.5) is 0 Å². The summed E-state index contributed by atoms with van der Waals surface area (Å²) in [5, 5.41) is 12.1. The minimum atomic E-state index is -0.961. The third kappa shape index (κ3) is 3.42. The van der Waals surface area contributed by atoms with E-state index in [9.17, 15) is 4.79 Å². The molecule has 1 unspecified atom stereocenters. The number of carboxylic acid groups (broad SMARTS) is 1. The van der Waals surface area contributed by atoms with Gasteiger partial charge in [0.25, 0.3) is 0 Å². The van der Waals surface area contributed by atoms with E-state index in [1.807, 2.05) is 0 Å². The van der Waals surface area contributed by atoms with Gasteiger partial charge in [-0.3, -0.25) is 0 Å². The minimum Gasteiger partial charge on any atom is -0.478 e. The summed E-state index contributed by atoms with van der Waals surface area (Å²) >= 11 is 0. The Bertz CT molecular complexity index is 389. The van der Waals surface area contributed by atoms with Gasteiger partial charge in [-0.1, -0.05) is 0 Å². The number of nitrogens with zero attached hydrogens (tertiary/aromatic N) is 1. The molecule has 0 bridgehead atoms. The number of aromatic carboxylic acids is 1. The van der Waals surface area contributed by atoms with Gasteiger partial charge in [-0.05, 0) is 25.5 Å². The molecule has 1 aliphatic rings. The van der Waals surface area contributed by atoms with Crippen LogP contribution in [0.15, 0.2) is 18.3 Å². The van der Waals surface area contributed by atoms with E-state index >= 15 is 0 Å². The van der Waals surface area contributed by atoms with Crippen LogP contribution in [0.2, 0.25) is 0 Å². The van der Waals surface area contributed by atoms with Crippen LogP contribution >= 0.6 is 0 Å². The molecule has 0 spiro atoms. The predicted octanol–water partition coefficient (Wildman–Crippen LogP) is 1.16. The van der Waals surface area contributed by atoms with Gasteiger partial charge in [0, 0.05) is 24.7 Å². The lowest BCUT2D eigenvalue weighted by atomic mass is 10.0. The molecule has 1 aromatic heterocycles. The molecule has 5 heteroatoms. The number of nitrogens with one attached hydrogen (secondary N) is 1. The first kappa shape index (κ1) is 11.9. The molecular formula is C12H16N2O3. The molecule has 5 nitrogen and oxygen atoms in total. The van der Waals surface area contributed by atoms with Crippen molar-refractivity contribution < 1.29 is 14.6 Å². The normalized spacial score (nSPS) is 19.9. The number of carbonyl (C=O) groups is 1. The maximum atomic E-state index is 10.8. The quantitative estimate of drug-likeness (QED) is 0.820. The third-order valence-corrected chi connectivity index (χ3v) is 2.85. The van der Waals surface area contributed by atoms with Crippen molar-refractivity contribution in [3.05, 3.63) is 23.9 Å². The fourth-order valence-corrected chi connectivity index (χ4v) is 1.89. The Morgan fingerprint density at radius 3 is 3.24 bits per heavy atom. The zero-order chi connectivity index (χ0) is 12.1. The standard InChI is InChI=1S/C12H16N2O3/c15-12(16)10-3-5-14-11(6-10)17-8-9-2-1-4-13-7-9/h3,5-6,9,13H,1-2,4,7-8H2,(H,15,16). The van der Waals surface area contributed by atoms with Gasteiger partial charge in [0.2, 0.25) is 5.88 Å². The number of pyridine rings is 1. The lowest BCUT2D eigenvalue weighted by molar-refractivity contribution is 0.0696. The first-order valence-corrected chi connectivity index (χ1v) is 5.78. The second kappa shape index (κ2) is 5.63. The van der Waals surface area contributed by atoms with Crippen LogP contribution in [-0.2, 0) is 0 Å². The topological polar surface area (TPSA) is 71.5 Å². The summed E-state index contributed by atoms with van der Waals surface area (Å²) in [4.78, 5) is 14.8. The van der Waals surface area contributed by atoms with E-state index in [1.54, 1.807) is 0 Å². The van der Waals surface area contributed by atoms with Crippen LogP contribution in [-0.4, -0.2) is 35.8 Å². The monoisotopic (exact) mass is 236 g/mol.